The van der Waals surface area contributed by atoms with Gasteiger partial charge in [-0.3, -0.25) is 0 Å². The molecule has 0 saturated heterocycles. The topological polar surface area (TPSA) is 63.2 Å². The van der Waals surface area contributed by atoms with E-state index in [1.165, 1.54) is 13.8 Å². The molecule has 0 aliphatic carbocycles. The first-order chi connectivity index (χ1) is 4.52. The van der Waals surface area contributed by atoms with Crippen LogP contribution >= 0.6 is 0 Å². The number of hydrogen-bond acceptors (Lipinski definition) is 3. The van der Waals surface area contributed by atoms with Gasteiger partial charge in [0.1, 0.15) is 6.29 Å². The second-order valence-corrected chi connectivity index (χ2v) is 3.99. The molecule has 0 amide bonds. The Labute approximate surface area is 60.7 Å². The van der Waals surface area contributed by atoms with E-state index in [1.54, 1.807) is 0 Å². The normalized spacial score (nSPS) is 14.6. The first-order valence-corrected chi connectivity index (χ1v) is 4.62. The SMILES string of the molecule is CCS(=O)(=O)NC(C)C=O. The second kappa shape index (κ2) is 3.68. The zero-order valence-corrected chi connectivity index (χ0v) is 6.81. The van der Waals surface area contributed by atoms with E-state index < -0.39 is 16.1 Å². The summed E-state index contributed by atoms with van der Waals surface area (Å²) in [7, 11) is -3.21. The summed E-state index contributed by atoms with van der Waals surface area (Å²) in [4.78, 5) is 9.97. The minimum absolute atomic E-state index is 0.00514. The lowest BCUT2D eigenvalue weighted by atomic mass is 10.4. The highest BCUT2D eigenvalue weighted by Crippen LogP contribution is 1.84. The van der Waals surface area contributed by atoms with Crippen LogP contribution in [0.25, 0.3) is 0 Å². The fourth-order valence-electron chi connectivity index (χ4n) is 0.394. The highest BCUT2D eigenvalue weighted by Gasteiger charge is 2.09. The van der Waals surface area contributed by atoms with Crippen molar-refractivity contribution in [3.63, 3.8) is 0 Å². The maximum atomic E-state index is 10.7. The quantitative estimate of drug-likeness (QED) is 0.572. The van der Waals surface area contributed by atoms with Crippen LogP contribution in [0.1, 0.15) is 13.8 Å². The molecule has 4 nitrogen and oxygen atoms in total. The molecule has 1 unspecified atom stereocenters. The smallest absolute Gasteiger partial charge is 0.211 e. The molecule has 0 bridgehead atoms. The van der Waals surface area contributed by atoms with E-state index in [-0.39, 0.29) is 5.75 Å². The summed E-state index contributed by atoms with van der Waals surface area (Å²) < 4.78 is 23.6. The van der Waals surface area contributed by atoms with Gasteiger partial charge >= 0.3 is 0 Å². The maximum Gasteiger partial charge on any atom is 0.211 e. The molecule has 0 radical (unpaired) electrons. The molecule has 0 rings (SSSR count). The third kappa shape index (κ3) is 3.58. The lowest BCUT2D eigenvalue weighted by Crippen LogP contribution is -2.34. The molecule has 60 valence electrons. The van der Waals surface area contributed by atoms with Crippen molar-refractivity contribution >= 4 is 16.3 Å². The number of carbonyl (C=O) groups excluding carboxylic acids is 1. The van der Waals surface area contributed by atoms with Crippen molar-refractivity contribution in [3.05, 3.63) is 0 Å². The Hall–Kier alpha value is -0.420. The van der Waals surface area contributed by atoms with Crippen molar-refractivity contribution in [2.75, 3.05) is 5.75 Å². The van der Waals surface area contributed by atoms with Gasteiger partial charge in [0, 0.05) is 0 Å². The number of rotatable bonds is 4. The molecule has 0 spiro atoms. The van der Waals surface area contributed by atoms with Crippen molar-refractivity contribution in [1.82, 2.24) is 4.72 Å². The maximum absolute atomic E-state index is 10.7. The molecule has 1 atom stereocenters. The van der Waals surface area contributed by atoms with Crippen LogP contribution in [0.2, 0.25) is 0 Å². The molecule has 0 aromatic rings. The van der Waals surface area contributed by atoms with Gasteiger partial charge in [0.15, 0.2) is 0 Å². The Morgan fingerprint density at radius 3 is 2.40 bits per heavy atom. The first kappa shape index (κ1) is 9.58. The van der Waals surface area contributed by atoms with Crippen molar-refractivity contribution in [2.45, 2.75) is 19.9 Å². The van der Waals surface area contributed by atoms with Gasteiger partial charge in [-0.25, -0.2) is 13.1 Å². The molecule has 0 saturated carbocycles. The highest BCUT2D eigenvalue weighted by molar-refractivity contribution is 7.89. The van der Waals surface area contributed by atoms with Gasteiger partial charge < -0.3 is 4.79 Å². The average Bonchev–Trinajstić information content (AvgIpc) is 1.87. The predicted molar refractivity (Wildman–Crippen MR) is 38.1 cm³/mol. The van der Waals surface area contributed by atoms with Gasteiger partial charge in [0.05, 0.1) is 11.8 Å². The number of aldehydes is 1. The van der Waals surface area contributed by atoms with Crippen LogP contribution in [-0.4, -0.2) is 26.5 Å². The molecule has 0 heterocycles. The first-order valence-electron chi connectivity index (χ1n) is 2.97. The van der Waals surface area contributed by atoms with Crippen molar-refractivity contribution in [1.29, 1.82) is 0 Å². The van der Waals surface area contributed by atoms with Gasteiger partial charge in [-0.05, 0) is 13.8 Å². The zero-order chi connectivity index (χ0) is 8.20. The molecule has 5 heteroatoms. The number of nitrogens with one attached hydrogen (secondary N) is 1. The summed E-state index contributed by atoms with van der Waals surface area (Å²) in [6.45, 7) is 3.00. The molecular weight excluding hydrogens is 154 g/mol. The van der Waals surface area contributed by atoms with Crippen LogP contribution in [-0.2, 0) is 14.8 Å². The lowest BCUT2D eigenvalue weighted by Gasteiger charge is -2.04. The Morgan fingerprint density at radius 1 is 1.60 bits per heavy atom. The van der Waals surface area contributed by atoms with Crippen LogP contribution in [0, 0.1) is 0 Å². The minimum atomic E-state index is -3.21. The van der Waals surface area contributed by atoms with E-state index in [1.807, 2.05) is 0 Å². The minimum Gasteiger partial charge on any atom is -0.302 e. The monoisotopic (exact) mass is 165 g/mol. The van der Waals surface area contributed by atoms with Gasteiger partial charge in [-0.1, -0.05) is 0 Å². The second-order valence-electron chi connectivity index (χ2n) is 1.95. The summed E-state index contributed by atoms with van der Waals surface area (Å²) in [5, 5.41) is 0. The van der Waals surface area contributed by atoms with E-state index in [9.17, 15) is 13.2 Å². The molecule has 0 aromatic carbocycles. The van der Waals surface area contributed by atoms with Gasteiger partial charge in [0.25, 0.3) is 0 Å². The van der Waals surface area contributed by atoms with Gasteiger partial charge in [-0.2, -0.15) is 0 Å². The third-order valence-corrected chi connectivity index (χ3v) is 2.44. The van der Waals surface area contributed by atoms with Crippen molar-refractivity contribution in [2.24, 2.45) is 0 Å². The standard InChI is InChI=1S/C5H11NO3S/c1-3-10(8,9)6-5(2)4-7/h4-6H,3H2,1-2H3. The van der Waals surface area contributed by atoms with Gasteiger partial charge in [0.2, 0.25) is 10.0 Å². The van der Waals surface area contributed by atoms with Gasteiger partial charge in [-0.15, -0.1) is 0 Å². The van der Waals surface area contributed by atoms with E-state index >= 15 is 0 Å². The van der Waals surface area contributed by atoms with E-state index in [2.05, 4.69) is 4.72 Å². The summed E-state index contributed by atoms with van der Waals surface area (Å²) in [5.41, 5.74) is 0. The van der Waals surface area contributed by atoms with E-state index in [0.717, 1.165) is 0 Å². The Morgan fingerprint density at radius 2 is 2.10 bits per heavy atom. The fraction of sp³-hybridized carbons (Fsp3) is 0.800. The summed E-state index contributed by atoms with van der Waals surface area (Å²) >= 11 is 0. The molecule has 1 N–H and O–H groups in total. The van der Waals surface area contributed by atoms with E-state index in [0.29, 0.717) is 6.29 Å². The highest BCUT2D eigenvalue weighted by atomic mass is 32.2. The van der Waals surface area contributed by atoms with Crippen LogP contribution in [0.3, 0.4) is 0 Å². The summed E-state index contributed by atoms with van der Waals surface area (Å²) in [5.74, 6) is 0.00514. The average molecular weight is 165 g/mol. The molecule has 0 aliphatic heterocycles. The van der Waals surface area contributed by atoms with Crippen LogP contribution < -0.4 is 4.72 Å². The number of carbonyl (C=O) groups is 1. The fourth-order valence-corrected chi connectivity index (χ4v) is 1.18. The van der Waals surface area contributed by atoms with Crippen LogP contribution in [0.4, 0.5) is 0 Å². The summed E-state index contributed by atoms with van der Waals surface area (Å²) in [6.07, 6.45) is 0.549. The number of hydrogen-bond donors (Lipinski definition) is 1. The molecule has 0 aliphatic rings. The van der Waals surface area contributed by atoms with Crippen molar-refractivity contribution < 1.29 is 13.2 Å². The third-order valence-electron chi connectivity index (χ3n) is 0.950. The van der Waals surface area contributed by atoms with Crippen LogP contribution in [0.5, 0.6) is 0 Å². The Kier molecular flexibility index (Phi) is 3.52. The zero-order valence-electron chi connectivity index (χ0n) is 5.99. The Bertz CT molecular complexity index is 197. The van der Waals surface area contributed by atoms with E-state index in [4.69, 9.17) is 0 Å². The predicted octanol–water partition coefficient (Wildman–Crippen LogP) is -0.487. The van der Waals surface area contributed by atoms with Crippen LogP contribution in [0.15, 0.2) is 0 Å². The number of sulfonamides is 1. The molecule has 10 heavy (non-hydrogen) atoms. The molecule has 0 aromatic heterocycles. The largest absolute Gasteiger partial charge is 0.302 e. The molecular formula is C5H11NO3S. The molecule has 0 fully saturated rings. The lowest BCUT2D eigenvalue weighted by molar-refractivity contribution is -0.108. The Balaban J connectivity index is 4.02. The van der Waals surface area contributed by atoms with Crippen molar-refractivity contribution in [3.8, 4) is 0 Å². The summed E-state index contributed by atoms with van der Waals surface area (Å²) in [6, 6.07) is -0.620.